The van der Waals surface area contributed by atoms with Gasteiger partial charge in [-0.25, -0.2) is 4.98 Å². The van der Waals surface area contributed by atoms with Crippen LogP contribution in [-0.4, -0.2) is 48.0 Å². The first kappa shape index (κ1) is 21.6. The van der Waals surface area contributed by atoms with Crippen LogP contribution in [0.25, 0.3) is 0 Å². The van der Waals surface area contributed by atoms with Gasteiger partial charge in [0.05, 0.1) is 19.1 Å². The maximum atomic E-state index is 13.1. The normalized spacial score (nSPS) is 16.3. The lowest BCUT2D eigenvalue weighted by Crippen LogP contribution is -2.43. The highest BCUT2D eigenvalue weighted by molar-refractivity contribution is 5.96. The Morgan fingerprint density at radius 3 is 2.73 bits per heavy atom. The van der Waals surface area contributed by atoms with Gasteiger partial charge in [0.2, 0.25) is 5.91 Å². The number of likely N-dealkylation sites (tertiary alicyclic amines) is 1. The van der Waals surface area contributed by atoms with Crippen molar-refractivity contribution in [2.45, 2.75) is 39.7 Å². The van der Waals surface area contributed by atoms with Gasteiger partial charge in [-0.2, -0.15) is 0 Å². The summed E-state index contributed by atoms with van der Waals surface area (Å²) in [5.74, 6) is 1.20. The molecule has 1 aromatic heterocycles. The Bertz CT molecular complexity index is 913. The minimum Gasteiger partial charge on any atom is -0.493 e. The van der Waals surface area contributed by atoms with E-state index in [2.05, 4.69) is 10.3 Å². The van der Waals surface area contributed by atoms with Crippen molar-refractivity contribution in [3.63, 3.8) is 0 Å². The van der Waals surface area contributed by atoms with Crippen molar-refractivity contribution in [1.82, 2.24) is 9.88 Å². The molecule has 1 atom stereocenters. The fraction of sp³-hybridized carbons (Fsp3) is 0.435. The Kier molecular flexibility index (Phi) is 6.92. The number of benzene rings is 1. The zero-order valence-electron chi connectivity index (χ0n) is 18.0. The number of rotatable bonds is 6. The zero-order valence-corrected chi connectivity index (χ0v) is 18.0. The van der Waals surface area contributed by atoms with Gasteiger partial charge in [0.1, 0.15) is 5.82 Å². The van der Waals surface area contributed by atoms with Crippen molar-refractivity contribution < 1.29 is 19.1 Å². The van der Waals surface area contributed by atoms with Crippen molar-refractivity contribution in [2.24, 2.45) is 5.92 Å². The van der Waals surface area contributed by atoms with Crippen LogP contribution in [0.1, 0.15) is 42.6 Å². The molecule has 3 rings (SSSR count). The highest BCUT2D eigenvalue weighted by atomic mass is 16.5. The second-order valence-corrected chi connectivity index (χ2v) is 7.78. The third kappa shape index (κ3) is 5.09. The van der Waals surface area contributed by atoms with Gasteiger partial charge in [-0.1, -0.05) is 6.07 Å². The molecule has 2 amide bonds. The van der Waals surface area contributed by atoms with E-state index in [1.807, 2.05) is 32.9 Å². The monoisotopic (exact) mass is 411 g/mol. The van der Waals surface area contributed by atoms with E-state index in [9.17, 15) is 9.59 Å². The third-order valence-electron chi connectivity index (χ3n) is 5.10. The van der Waals surface area contributed by atoms with Crippen LogP contribution in [0.4, 0.5) is 5.82 Å². The highest BCUT2D eigenvalue weighted by Crippen LogP contribution is 2.30. The Hall–Kier alpha value is -3.09. The van der Waals surface area contributed by atoms with Crippen LogP contribution in [0.3, 0.4) is 0 Å². The largest absolute Gasteiger partial charge is 0.493 e. The number of amides is 2. The zero-order chi connectivity index (χ0) is 21.7. The third-order valence-corrected chi connectivity index (χ3v) is 5.10. The van der Waals surface area contributed by atoms with Gasteiger partial charge in [-0.05, 0) is 63.4 Å². The lowest BCUT2D eigenvalue weighted by Gasteiger charge is -2.32. The number of ether oxygens (including phenoxy) is 2. The van der Waals surface area contributed by atoms with Crippen molar-refractivity contribution in [3.8, 4) is 11.5 Å². The second-order valence-electron chi connectivity index (χ2n) is 7.78. The first-order valence-electron chi connectivity index (χ1n) is 10.3. The maximum Gasteiger partial charge on any atom is 0.254 e. The Labute approximate surface area is 177 Å². The molecule has 30 heavy (non-hydrogen) atoms. The number of anilines is 1. The highest BCUT2D eigenvalue weighted by Gasteiger charge is 2.29. The molecule has 1 aliphatic heterocycles. The fourth-order valence-corrected chi connectivity index (χ4v) is 3.55. The smallest absolute Gasteiger partial charge is 0.254 e. The van der Waals surface area contributed by atoms with E-state index in [4.69, 9.17) is 9.47 Å². The van der Waals surface area contributed by atoms with Crippen LogP contribution in [-0.2, 0) is 4.79 Å². The first-order valence-corrected chi connectivity index (χ1v) is 10.3. The topological polar surface area (TPSA) is 80.8 Å². The minimum absolute atomic E-state index is 0.00422. The van der Waals surface area contributed by atoms with Crippen LogP contribution >= 0.6 is 0 Å². The number of aryl methyl sites for hydroxylation is 1. The summed E-state index contributed by atoms with van der Waals surface area (Å²) in [5, 5.41) is 2.90. The lowest BCUT2D eigenvalue weighted by atomic mass is 9.96. The molecule has 7 heteroatoms. The molecule has 160 valence electrons. The summed E-state index contributed by atoms with van der Waals surface area (Å²) in [4.78, 5) is 31.8. The molecular formula is C23H29N3O4. The number of nitrogens with zero attached hydrogens (tertiary/aromatic N) is 2. The first-order chi connectivity index (χ1) is 14.4. The predicted molar refractivity (Wildman–Crippen MR) is 115 cm³/mol. The molecule has 0 bridgehead atoms. The molecule has 2 heterocycles. The quantitative estimate of drug-likeness (QED) is 0.784. The van der Waals surface area contributed by atoms with E-state index in [1.54, 1.807) is 36.4 Å². The van der Waals surface area contributed by atoms with E-state index in [1.165, 1.54) is 0 Å². The van der Waals surface area contributed by atoms with E-state index >= 15 is 0 Å². The number of hydrogen-bond donors (Lipinski definition) is 1. The Morgan fingerprint density at radius 1 is 1.23 bits per heavy atom. The summed E-state index contributed by atoms with van der Waals surface area (Å²) in [6, 6.07) is 8.92. The molecule has 1 aliphatic rings. The molecule has 1 fully saturated rings. The summed E-state index contributed by atoms with van der Waals surface area (Å²) in [6.07, 6.45) is 3.17. The maximum absolute atomic E-state index is 13.1. The Balaban J connectivity index is 1.69. The van der Waals surface area contributed by atoms with Gasteiger partial charge in [0, 0.05) is 24.8 Å². The molecule has 2 aromatic rings. The lowest BCUT2D eigenvalue weighted by molar-refractivity contribution is -0.121. The van der Waals surface area contributed by atoms with Crippen molar-refractivity contribution in [3.05, 3.63) is 47.7 Å². The van der Waals surface area contributed by atoms with Crippen LogP contribution in [0.15, 0.2) is 36.5 Å². The van der Waals surface area contributed by atoms with Crippen molar-refractivity contribution in [1.29, 1.82) is 0 Å². The van der Waals surface area contributed by atoms with Crippen molar-refractivity contribution in [2.75, 3.05) is 25.5 Å². The number of pyridine rings is 1. The van der Waals surface area contributed by atoms with E-state index in [0.717, 1.165) is 18.4 Å². The number of carbonyl (C=O) groups excluding carboxylic acids is 2. The van der Waals surface area contributed by atoms with E-state index in [0.29, 0.717) is 36.0 Å². The van der Waals surface area contributed by atoms with Crippen LogP contribution in [0.2, 0.25) is 0 Å². The Morgan fingerprint density at radius 2 is 2.03 bits per heavy atom. The number of carbonyl (C=O) groups is 2. The second kappa shape index (κ2) is 9.61. The van der Waals surface area contributed by atoms with Crippen LogP contribution in [0.5, 0.6) is 11.5 Å². The van der Waals surface area contributed by atoms with Crippen LogP contribution < -0.4 is 14.8 Å². The summed E-state index contributed by atoms with van der Waals surface area (Å²) in [7, 11) is 1.55. The van der Waals surface area contributed by atoms with Gasteiger partial charge in [0.15, 0.2) is 11.5 Å². The molecule has 0 radical (unpaired) electrons. The summed E-state index contributed by atoms with van der Waals surface area (Å²) in [6.45, 7) is 6.77. The van der Waals surface area contributed by atoms with Gasteiger partial charge in [-0.3, -0.25) is 9.59 Å². The average molecular weight is 412 g/mol. The molecule has 0 aliphatic carbocycles. The molecule has 0 saturated carbocycles. The molecule has 1 N–H and O–H groups in total. The number of hydrogen-bond acceptors (Lipinski definition) is 5. The SMILES string of the molecule is COc1cc(C(=O)N2CCCC(C(=O)Nc3ncccc3C)C2)ccc1OC(C)C. The fourth-order valence-electron chi connectivity index (χ4n) is 3.55. The summed E-state index contributed by atoms with van der Waals surface area (Å²) < 4.78 is 11.1. The van der Waals surface area contributed by atoms with Gasteiger partial charge in [0.25, 0.3) is 5.91 Å². The number of methoxy groups -OCH3 is 1. The minimum atomic E-state index is -0.269. The number of piperidine rings is 1. The number of nitrogens with one attached hydrogen (secondary N) is 1. The van der Waals surface area contributed by atoms with E-state index in [-0.39, 0.29) is 23.8 Å². The van der Waals surface area contributed by atoms with E-state index < -0.39 is 0 Å². The molecule has 1 saturated heterocycles. The van der Waals surface area contributed by atoms with Gasteiger partial charge >= 0.3 is 0 Å². The molecule has 0 spiro atoms. The standard InChI is InChI=1S/C23H29N3O4/c1-15(2)30-19-10-9-17(13-20(19)29-4)23(28)26-12-6-8-18(14-26)22(27)25-21-16(3)7-5-11-24-21/h5,7,9-11,13,15,18H,6,8,12,14H2,1-4H3,(H,24,25,27). The molecule has 1 aromatic carbocycles. The summed E-state index contributed by atoms with van der Waals surface area (Å²) >= 11 is 0. The van der Waals surface area contributed by atoms with Gasteiger partial charge < -0.3 is 19.7 Å². The van der Waals surface area contributed by atoms with Gasteiger partial charge in [-0.15, -0.1) is 0 Å². The molecular weight excluding hydrogens is 382 g/mol. The predicted octanol–water partition coefficient (Wildman–Crippen LogP) is 3.68. The average Bonchev–Trinajstić information content (AvgIpc) is 2.74. The van der Waals surface area contributed by atoms with Crippen molar-refractivity contribution >= 4 is 17.6 Å². The van der Waals surface area contributed by atoms with Crippen LogP contribution in [0, 0.1) is 12.8 Å². The number of aromatic nitrogens is 1. The molecule has 7 nitrogen and oxygen atoms in total. The summed E-state index contributed by atoms with van der Waals surface area (Å²) in [5.41, 5.74) is 1.43. The molecule has 1 unspecified atom stereocenters.